The first-order valence-corrected chi connectivity index (χ1v) is 4.53. The summed E-state index contributed by atoms with van der Waals surface area (Å²) in [7, 11) is 0. The Bertz CT molecular complexity index is 131. The molecule has 0 N–H and O–H groups in total. The van der Waals surface area contributed by atoms with E-state index in [1.807, 2.05) is 0 Å². The molecule has 0 aliphatic carbocycles. The van der Waals surface area contributed by atoms with Gasteiger partial charge in [-0.1, -0.05) is 39.0 Å². The largest absolute Gasteiger partial charge is 1.00 e. The minimum atomic E-state index is -1.77. The van der Waals surface area contributed by atoms with Gasteiger partial charge in [-0.25, -0.2) is 4.39 Å². The van der Waals surface area contributed by atoms with Crippen molar-refractivity contribution in [1.82, 2.24) is 0 Å². The molecular formula is C9H16FKO2. The van der Waals surface area contributed by atoms with Crippen molar-refractivity contribution in [2.24, 2.45) is 0 Å². The third-order valence-electron chi connectivity index (χ3n) is 1.82. The molecule has 1 unspecified atom stereocenters. The molecule has 2 nitrogen and oxygen atoms in total. The number of rotatable bonds is 7. The van der Waals surface area contributed by atoms with E-state index in [4.69, 9.17) is 0 Å². The second kappa shape index (κ2) is 11.1. The molecule has 0 saturated heterocycles. The molecule has 4 heteroatoms. The zero-order valence-corrected chi connectivity index (χ0v) is 11.6. The van der Waals surface area contributed by atoms with E-state index < -0.39 is 12.1 Å². The smallest absolute Gasteiger partial charge is 0.547 e. The van der Waals surface area contributed by atoms with Crippen LogP contribution in [0.15, 0.2) is 0 Å². The van der Waals surface area contributed by atoms with Crippen LogP contribution < -0.4 is 56.5 Å². The summed E-state index contributed by atoms with van der Waals surface area (Å²) in [5.41, 5.74) is 0. The zero-order chi connectivity index (χ0) is 9.40. The average Bonchev–Trinajstić information content (AvgIpc) is 2.03. The molecule has 0 fully saturated rings. The van der Waals surface area contributed by atoms with Gasteiger partial charge in [0.2, 0.25) is 0 Å². The van der Waals surface area contributed by atoms with E-state index in [0.29, 0.717) is 6.42 Å². The number of carbonyl (C=O) groups excluding carboxylic acids is 1. The van der Waals surface area contributed by atoms with Gasteiger partial charge in [-0.3, -0.25) is 0 Å². The quantitative estimate of drug-likeness (QED) is 0.380. The van der Waals surface area contributed by atoms with Crippen LogP contribution in [0.3, 0.4) is 0 Å². The molecule has 0 aromatic rings. The molecule has 1 atom stereocenters. The number of carboxylic acid groups (broad SMARTS) is 1. The summed E-state index contributed by atoms with van der Waals surface area (Å²) < 4.78 is 12.4. The molecule has 0 amide bonds. The van der Waals surface area contributed by atoms with Crippen LogP contribution in [0, 0.1) is 0 Å². The van der Waals surface area contributed by atoms with E-state index in [1.54, 1.807) is 0 Å². The number of alkyl halides is 1. The number of carbonyl (C=O) groups is 1. The van der Waals surface area contributed by atoms with E-state index in [9.17, 15) is 14.3 Å². The molecule has 0 heterocycles. The Morgan fingerprint density at radius 1 is 1.31 bits per heavy atom. The first kappa shape index (κ1) is 16.5. The monoisotopic (exact) mass is 214 g/mol. The van der Waals surface area contributed by atoms with Gasteiger partial charge in [-0.15, -0.1) is 0 Å². The van der Waals surface area contributed by atoms with Crippen LogP contribution in [0.25, 0.3) is 0 Å². The Morgan fingerprint density at radius 3 is 2.31 bits per heavy atom. The number of unbranched alkanes of at least 4 members (excludes halogenated alkanes) is 4. The Hall–Kier alpha value is 1.04. The molecular weight excluding hydrogens is 198 g/mol. The Morgan fingerprint density at radius 2 is 1.85 bits per heavy atom. The molecule has 0 aromatic heterocycles. The number of halogens is 1. The maximum Gasteiger partial charge on any atom is 1.00 e. The third-order valence-corrected chi connectivity index (χ3v) is 1.82. The van der Waals surface area contributed by atoms with Gasteiger partial charge < -0.3 is 9.90 Å². The maximum absolute atomic E-state index is 12.4. The number of carboxylic acids is 1. The van der Waals surface area contributed by atoms with Crippen LogP contribution in [0.4, 0.5) is 4.39 Å². The van der Waals surface area contributed by atoms with E-state index >= 15 is 0 Å². The number of hydrogen-bond acceptors (Lipinski definition) is 2. The molecule has 0 bridgehead atoms. The average molecular weight is 214 g/mol. The van der Waals surface area contributed by atoms with E-state index in [0.717, 1.165) is 25.7 Å². The van der Waals surface area contributed by atoms with Gasteiger partial charge in [-0.2, -0.15) is 0 Å². The molecule has 0 radical (unpaired) electrons. The van der Waals surface area contributed by atoms with Crippen molar-refractivity contribution in [3.8, 4) is 0 Å². The van der Waals surface area contributed by atoms with Crippen LogP contribution in [-0.2, 0) is 4.79 Å². The summed E-state index contributed by atoms with van der Waals surface area (Å²) >= 11 is 0. The van der Waals surface area contributed by atoms with Gasteiger partial charge >= 0.3 is 51.4 Å². The van der Waals surface area contributed by atoms with Gasteiger partial charge in [0.05, 0.1) is 5.97 Å². The van der Waals surface area contributed by atoms with Crippen molar-refractivity contribution in [3.05, 3.63) is 0 Å². The molecule has 72 valence electrons. The van der Waals surface area contributed by atoms with Crippen molar-refractivity contribution in [2.45, 2.75) is 51.6 Å². The van der Waals surface area contributed by atoms with Crippen LogP contribution in [0.2, 0.25) is 0 Å². The molecule has 0 aliphatic heterocycles. The van der Waals surface area contributed by atoms with E-state index in [2.05, 4.69) is 6.92 Å². The van der Waals surface area contributed by atoms with Crippen molar-refractivity contribution < 1.29 is 65.7 Å². The van der Waals surface area contributed by atoms with Crippen molar-refractivity contribution in [2.75, 3.05) is 0 Å². The molecule has 13 heavy (non-hydrogen) atoms. The molecule has 0 aliphatic rings. The first-order valence-electron chi connectivity index (χ1n) is 4.53. The zero-order valence-electron chi connectivity index (χ0n) is 8.51. The SMILES string of the molecule is CCCCCCCC(F)C(=O)[O-].[K+]. The van der Waals surface area contributed by atoms with Gasteiger partial charge in [0.1, 0.15) is 6.17 Å². The molecule has 0 aromatic carbocycles. The van der Waals surface area contributed by atoms with Gasteiger partial charge in [0.25, 0.3) is 0 Å². The Balaban J connectivity index is 0. The fourth-order valence-corrected chi connectivity index (χ4v) is 1.04. The minimum absolute atomic E-state index is 0. The Kier molecular flexibility index (Phi) is 14.1. The number of aliphatic carboxylic acids is 1. The van der Waals surface area contributed by atoms with Gasteiger partial charge in [0.15, 0.2) is 0 Å². The standard InChI is InChI=1S/C9H17FO2.K/c1-2-3-4-5-6-7-8(10)9(11)12;/h8H,2-7H2,1H3,(H,11,12);/q;+1/p-1. The topological polar surface area (TPSA) is 40.1 Å². The minimum Gasteiger partial charge on any atom is -0.547 e. The van der Waals surface area contributed by atoms with Crippen molar-refractivity contribution in [1.29, 1.82) is 0 Å². The maximum atomic E-state index is 12.4. The summed E-state index contributed by atoms with van der Waals surface area (Å²) in [5, 5.41) is 9.93. The van der Waals surface area contributed by atoms with Crippen LogP contribution >= 0.6 is 0 Å². The summed E-state index contributed by atoms with van der Waals surface area (Å²) in [4.78, 5) is 9.93. The fraction of sp³-hybridized carbons (Fsp3) is 0.889. The number of hydrogen-bond donors (Lipinski definition) is 0. The van der Waals surface area contributed by atoms with Crippen LogP contribution in [-0.4, -0.2) is 12.1 Å². The van der Waals surface area contributed by atoms with E-state index in [-0.39, 0.29) is 57.8 Å². The van der Waals surface area contributed by atoms with Gasteiger partial charge in [0, 0.05) is 0 Å². The van der Waals surface area contributed by atoms with E-state index in [1.165, 1.54) is 0 Å². The van der Waals surface area contributed by atoms with Crippen molar-refractivity contribution in [3.63, 3.8) is 0 Å². The van der Waals surface area contributed by atoms with Crippen molar-refractivity contribution >= 4 is 5.97 Å². The predicted octanol–water partition coefficient (Wildman–Crippen LogP) is -1.56. The molecule has 0 rings (SSSR count). The second-order valence-electron chi connectivity index (χ2n) is 2.99. The predicted molar refractivity (Wildman–Crippen MR) is 43.3 cm³/mol. The van der Waals surface area contributed by atoms with Crippen LogP contribution in [0.5, 0.6) is 0 Å². The fourth-order valence-electron chi connectivity index (χ4n) is 1.04. The summed E-state index contributed by atoms with van der Waals surface area (Å²) in [5.74, 6) is -1.58. The van der Waals surface area contributed by atoms with Crippen LogP contribution in [0.1, 0.15) is 45.4 Å². The third kappa shape index (κ3) is 11.0. The normalized spacial score (nSPS) is 11.8. The summed E-state index contributed by atoms with van der Waals surface area (Å²) in [6.45, 7) is 2.10. The molecule has 0 saturated carbocycles. The molecule has 0 spiro atoms. The van der Waals surface area contributed by atoms with Gasteiger partial charge in [-0.05, 0) is 6.42 Å². The second-order valence-corrected chi connectivity index (χ2v) is 2.99. The Labute approximate surface area is 122 Å². The first-order chi connectivity index (χ1) is 5.68. The summed E-state index contributed by atoms with van der Waals surface area (Å²) in [6.07, 6.45) is 3.24. The summed E-state index contributed by atoms with van der Waals surface area (Å²) in [6, 6.07) is 0.